The fraction of sp³-hybridized carbons (Fsp3) is 0.500. The Balaban J connectivity index is 2.46. The molecule has 90 valence electrons. The van der Waals surface area contributed by atoms with Crippen LogP contribution in [0.3, 0.4) is 0 Å². The van der Waals surface area contributed by atoms with Crippen LogP contribution in [0.4, 0.5) is 0 Å². The van der Waals surface area contributed by atoms with Gasteiger partial charge >= 0.3 is 0 Å². The fourth-order valence-electron chi connectivity index (χ4n) is 1.35. The quantitative estimate of drug-likeness (QED) is 0.640. The lowest BCUT2D eigenvalue weighted by Gasteiger charge is -2.11. The zero-order valence-corrected chi connectivity index (χ0v) is 9.74. The van der Waals surface area contributed by atoms with E-state index < -0.39 is 0 Å². The number of rotatable bonds is 8. The van der Waals surface area contributed by atoms with Crippen LogP contribution in [0.25, 0.3) is 0 Å². The minimum absolute atomic E-state index is 0.574. The van der Waals surface area contributed by atoms with Crippen LogP contribution in [-0.4, -0.2) is 33.4 Å². The average Bonchev–Trinajstić information content (AvgIpc) is 2.32. The molecule has 0 aliphatic rings. The summed E-state index contributed by atoms with van der Waals surface area (Å²) in [4.78, 5) is 0. The summed E-state index contributed by atoms with van der Waals surface area (Å²) in [6.07, 6.45) is 0. The number of nitrogens with two attached hydrogens (primary N) is 1. The van der Waals surface area contributed by atoms with Crippen LogP contribution in [-0.2, 0) is 11.3 Å². The average molecular weight is 224 g/mol. The van der Waals surface area contributed by atoms with Crippen molar-refractivity contribution in [2.24, 2.45) is 5.73 Å². The van der Waals surface area contributed by atoms with E-state index in [-0.39, 0.29) is 0 Å². The molecule has 0 saturated heterocycles. The summed E-state index contributed by atoms with van der Waals surface area (Å²) in [5.74, 6) is 0.907. The molecule has 0 bridgehead atoms. The van der Waals surface area contributed by atoms with Crippen molar-refractivity contribution in [3.05, 3.63) is 29.8 Å². The Morgan fingerprint density at radius 3 is 2.81 bits per heavy atom. The van der Waals surface area contributed by atoms with Gasteiger partial charge in [0.05, 0.1) is 6.61 Å². The Bertz CT molecular complexity index is 263. The highest BCUT2D eigenvalue weighted by Gasteiger charge is 2.01. The molecule has 4 heteroatoms. The predicted molar refractivity (Wildman–Crippen MR) is 64.6 cm³/mol. The van der Waals surface area contributed by atoms with Crippen molar-refractivity contribution < 1.29 is 9.47 Å². The van der Waals surface area contributed by atoms with Gasteiger partial charge in [-0.25, -0.2) is 0 Å². The zero-order chi connectivity index (χ0) is 11.6. The van der Waals surface area contributed by atoms with Crippen LogP contribution < -0.4 is 15.8 Å². The van der Waals surface area contributed by atoms with Crippen molar-refractivity contribution in [2.75, 3.05) is 33.4 Å². The first-order valence-corrected chi connectivity index (χ1v) is 5.49. The van der Waals surface area contributed by atoms with Gasteiger partial charge in [0.25, 0.3) is 0 Å². The SMILES string of the molecule is COCCOc1ccccc1CNCCN. The second-order valence-corrected chi connectivity index (χ2v) is 3.41. The summed E-state index contributed by atoms with van der Waals surface area (Å²) < 4.78 is 10.6. The number of ether oxygens (including phenoxy) is 2. The third-order valence-corrected chi connectivity index (χ3v) is 2.15. The molecule has 1 aromatic carbocycles. The molecule has 0 aliphatic carbocycles. The summed E-state index contributed by atoms with van der Waals surface area (Å²) in [6.45, 7) is 3.41. The largest absolute Gasteiger partial charge is 0.491 e. The van der Waals surface area contributed by atoms with E-state index in [9.17, 15) is 0 Å². The molecule has 0 atom stereocenters. The molecule has 0 aromatic heterocycles. The maximum Gasteiger partial charge on any atom is 0.123 e. The van der Waals surface area contributed by atoms with Gasteiger partial charge in [0.1, 0.15) is 12.4 Å². The number of methoxy groups -OCH3 is 1. The van der Waals surface area contributed by atoms with Gasteiger partial charge in [0.15, 0.2) is 0 Å². The highest BCUT2D eigenvalue weighted by Crippen LogP contribution is 2.17. The lowest BCUT2D eigenvalue weighted by molar-refractivity contribution is 0.145. The smallest absolute Gasteiger partial charge is 0.123 e. The maximum absolute atomic E-state index is 5.61. The van der Waals surface area contributed by atoms with Crippen LogP contribution >= 0.6 is 0 Å². The van der Waals surface area contributed by atoms with Crippen molar-refractivity contribution in [2.45, 2.75) is 6.54 Å². The van der Waals surface area contributed by atoms with E-state index in [4.69, 9.17) is 15.2 Å². The van der Waals surface area contributed by atoms with Gasteiger partial charge < -0.3 is 20.5 Å². The van der Waals surface area contributed by atoms with Crippen molar-refractivity contribution in [1.29, 1.82) is 0 Å². The van der Waals surface area contributed by atoms with Crippen LogP contribution in [0.1, 0.15) is 5.56 Å². The number of benzene rings is 1. The second-order valence-electron chi connectivity index (χ2n) is 3.41. The zero-order valence-electron chi connectivity index (χ0n) is 9.74. The number of hydrogen-bond donors (Lipinski definition) is 2. The Morgan fingerprint density at radius 1 is 1.25 bits per heavy atom. The van der Waals surface area contributed by atoms with E-state index in [2.05, 4.69) is 5.32 Å². The predicted octanol–water partition coefficient (Wildman–Crippen LogP) is 0.760. The van der Waals surface area contributed by atoms with Crippen molar-refractivity contribution >= 4 is 0 Å². The Kier molecular flexibility index (Phi) is 6.56. The van der Waals surface area contributed by atoms with Gasteiger partial charge in [-0.1, -0.05) is 18.2 Å². The van der Waals surface area contributed by atoms with Gasteiger partial charge in [-0.3, -0.25) is 0 Å². The first-order valence-electron chi connectivity index (χ1n) is 5.49. The Morgan fingerprint density at radius 2 is 2.06 bits per heavy atom. The molecular formula is C12H20N2O2. The molecule has 0 fully saturated rings. The number of nitrogens with one attached hydrogen (secondary N) is 1. The Labute approximate surface area is 96.7 Å². The third-order valence-electron chi connectivity index (χ3n) is 2.15. The summed E-state index contributed by atoms with van der Waals surface area (Å²) in [6, 6.07) is 7.98. The summed E-state index contributed by atoms with van der Waals surface area (Å²) >= 11 is 0. The molecule has 0 amide bonds. The van der Waals surface area contributed by atoms with Gasteiger partial charge in [-0.2, -0.15) is 0 Å². The molecule has 4 nitrogen and oxygen atoms in total. The van der Waals surface area contributed by atoms with Crippen LogP contribution in [0.15, 0.2) is 24.3 Å². The second kappa shape index (κ2) is 8.10. The first kappa shape index (κ1) is 13.0. The normalized spacial score (nSPS) is 10.4. The first-order chi connectivity index (χ1) is 7.88. The summed E-state index contributed by atoms with van der Waals surface area (Å²) in [7, 11) is 1.66. The topological polar surface area (TPSA) is 56.5 Å². The van der Waals surface area contributed by atoms with E-state index in [0.717, 1.165) is 24.4 Å². The van der Waals surface area contributed by atoms with E-state index in [0.29, 0.717) is 19.8 Å². The van der Waals surface area contributed by atoms with E-state index in [1.54, 1.807) is 7.11 Å². The number of para-hydroxylation sites is 1. The molecule has 0 spiro atoms. The van der Waals surface area contributed by atoms with E-state index in [1.807, 2.05) is 24.3 Å². The summed E-state index contributed by atoms with van der Waals surface area (Å²) in [5.41, 5.74) is 6.56. The van der Waals surface area contributed by atoms with Gasteiger partial charge in [-0.05, 0) is 6.07 Å². The molecule has 16 heavy (non-hydrogen) atoms. The van der Waals surface area contributed by atoms with Crippen molar-refractivity contribution in [3.8, 4) is 5.75 Å². The molecule has 3 N–H and O–H groups in total. The maximum atomic E-state index is 5.61. The monoisotopic (exact) mass is 224 g/mol. The minimum Gasteiger partial charge on any atom is -0.491 e. The van der Waals surface area contributed by atoms with E-state index in [1.165, 1.54) is 0 Å². The lowest BCUT2D eigenvalue weighted by Crippen LogP contribution is -2.22. The molecule has 0 heterocycles. The molecule has 1 rings (SSSR count). The summed E-state index contributed by atoms with van der Waals surface area (Å²) in [5, 5.41) is 3.25. The lowest BCUT2D eigenvalue weighted by atomic mass is 10.2. The third kappa shape index (κ3) is 4.61. The van der Waals surface area contributed by atoms with E-state index >= 15 is 0 Å². The van der Waals surface area contributed by atoms with Crippen LogP contribution in [0.5, 0.6) is 5.75 Å². The highest BCUT2D eigenvalue weighted by atomic mass is 16.5. The van der Waals surface area contributed by atoms with Crippen molar-refractivity contribution in [1.82, 2.24) is 5.32 Å². The van der Waals surface area contributed by atoms with Crippen LogP contribution in [0.2, 0.25) is 0 Å². The van der Waals surface area contributed by atoms with Crippen LogP contribution in [0, 0.1) is 0 Å². The molecule has 0 saturated carbocycles. The van der Waals surface area contributed by atoms with Gasteiger partial charge in [0.2, 0.25) is 0 Å². The number of hydrogen-bond acceptors (Lipinski definition) is 4. The fourth-order valence-corrected chi connectivity index (χ4v) is 1.35. The molecule has 0 aliphatic heterocycles. The molecule has 1 aromatic rings. The molecular weight excluding hydrogens is 204 g/mol. The molecule has 0 radical (unpaired) electrons. The highest BCUT2D eigenvalue weighted by molar-refractivity contribution is 5.33. The van der Waals surface area contributed by atoms with Gasteiger partial charge in [0, 0.05) is 32.3 Å². The Hall–Kier alpha value is -1.10. The van der Waals surface area contributed by atoms with Gasteiger partial charge in [-0.15, -0.1) is 0 Å². The minimum atomic E-state index is 0.574. The standard InChI is InChI=1S/C12H20N2O2/c1-15-8-9-16-12-5-3-2-4-11(12)10-14-7-6-13/h2-5,14H,6-10,13H2,1H3. The van der Waals surface area contributed by atoms with Crippen molar-refractivity contribution in [3.63, 3.8) is 0 Å². The molecule has 0 unspecified atom stereocenters.